The van der Waals surface area contributed by atoms with E-state index in [2.05, 4.69) is 44.7 Å². The molecule has 5 rings (SSSR count). The number of thioether (sulfide) groups is 1. The smallest absolute Gasteiger partial charge is 0.258 e. The van der Waals surface area contributed by atoms with E-state index in [1.54, 1.807) is 6.08 Å². The molecule has 174 valence electrons. The monoisotopic (exact) mass is 504 g/mol. The minimum absolute atomic E-state index is 0. The molecule has 1 aromatic heterocycles. The summed E-state index contributed by atoms with van der Waals surface area (Å²) in [5, 5.41) is 11.1. The van der Waals surface area contributed by atoms with Crippen molar-refractivity contribution in [2.75, 3.05) is 26.2 Å². The minimum atomic E-state index is -0.230. The number of piperidine rings is 1. The summed E-state index contributed by atoms with van der Waals surface area (Å²) >= 11 is 1.41. The second kappa shape index (κ2) is 11.2. The fourth-order valence-electron chi connectivity index (χ4n) is 4.36. The molecule has 2 aliphatic heterocycles. The highest BCUT2D eigenvalue weighted by molar-refractivity contribution is 8.04. The van der Waals surface area contributed by atoms with Crippen LogP contribution >= 0.6 is 36.6 Å². The van der Waals surface area contributed by atoms with E-state index in [-0.39, 0.29) is 43.0 Å². The molecule has 33 heavy (non-hydrogen) atoms. The van der Waals surface area contributed by atoms with Crippen molar-refractivity contribution in [3.8, 4) is 0 Å². The molecule has 6 nitrogen and oxygen atoms in total. The number of nitrogens with one attached hydrogen (secondary N) is 2. The van der Waals surface area contributed by atoms with Gasteiger partial charge in [-0.1, -0.05) is 48.2 Å². The highest BCUT2D eigenvalue weighted by Crippen LogP contribution is 2.39. The average molecular weight is 505 g/mol. The normalized spacial score (nSPS) is 15.8. The first-order chi connectivity index (χ1) is 15.2. The molecule has 1 fully saturated rings. The summed E-state index contributed by atoms with van der Waals surface area (Å²) in [5.74, 6) is 0.376. The first-order valence-corrected chi connectivity index (χ1v) is 11.4. The van der Waals surface area contributed by atoms with Crippen LogP contribution in [-0.2, 0) is 9.59 Å². The van der Waals surface area contributed by atoms with E-state index in [9.17, 15) is 9.59 Å². The number of nitrogens with zero attached hydrogens (tertiary/aromatic N) is 2. The van der Waals surface area contributed by atoms with E-state index in [1.165, 1.54) is 17.3 Å². The van der Waals surface area contributed by atoms with Crippen molar-refractivity contribution in [2.45, 2.75) is 23.7 Å². The van der Waals surface area contributed by atoms with Gasteiger partial charge >= 0.3 is 0 Å². The molecule has 2 aliphatic rings. The molecule has 1 saturated heterocycles. The van der Waals surface area contributed by atoms with Crippen LogP contribution in [0.5, 0.6) is 0 Å². The summed E-state index contributed by atoms with van der Waals surface area (Å²) in [6.07, 6.45) is 3.90. The fraction of sp³-hybridized carbons (Fsp3) is 0.292. The van der Waals surface area contributed by atoms with Gasteiger partial charge in [-0.15, -0.1) is 24.8 Å². The van der Waals surface area contributed by atoms with Gasteiger partial charge in [-0.2, -0.15) is 5.10 Å². The predicted octanol–water partition coefficient (Wildman–Crippen LogP) is 4.42. The number of H-pyrrole nitrogens is 1. The number of benzene rings is 2. The molecular formula is C24H26Cl2N4O2S. The maximum atomic E-state index is 12.6. The Morgan fingerprint density at radius 2 is 1.82 bits per heavy atom. The number of rotatable bonds is 6. The summed E-state index contributed by atoms with van der Waals surface area (Å²) < 4.78 is 0. The van der Waals surface area contributed by atoms with Gasteiger partial charge in [0.15, 0.2) is 5.78 Å². The number of ketones is 1. The molecule has 0 bridgehead atoms. The zero-order chi connectivity index (χ0) is 21.2. The lowest BCUT2D eigenvalue weighted by Gasteiger charge is -2.31. The van der Waals surface area contributed by atoms with Crippen molar-refractivity contribution in [2.24, 2.45) is 0 Å². The van der Waals surface area contributed by atoms with Gasteiger partial charge in [0.25, 0.3) is 5.91 Å². The number of halogens is 2. The maximum Gasteiger partial charge on any atom is 0.258 e. The van der Waals surface area contributed by atoms with E-state index in [4.69, 9.17) is 0 Å². The Bertz CT molecular complexity index is 1160. The van der Waals surface area contributed by atoms with Crippen LogP contribution in [0, 0.1) is 0 Å². The lowest BCUT2D eigenvalue weighted by Crippen LogP contribution is -2.40. The summed E-state index contributed by atoms with van der Waals surface area (Å²) in [6.45, 7) is 2.25. The van der Waals surface area contributed by atoms with Gasteiger partial charge in [-0.05, 0) is 55.6 Å². The fourth-order valence-corrected chi connectivity index (χ4v) is 5.39. The lowest BCUT2D eigenvalue weighted by molar-refractivity contribution is -0.123. The molecule has 0 saturated carbocycles. The number of carbonyl (C=O) groups excluding carboxylic acids is 2. The van der Waals surface area contributed by atoms with Crippen LogP contribution in [0.3, 0.4) is 0 Å². The Morgan fingerprint density at radius 3 is 2.58 bits per heavy atom. The zero-order valence-corrected chi connectivity index (χ0v) is 20.4. The topological polar surface area (TPSA) is 78.1 Å². The summed E-state index contributed by atoms with van der Waals surface area (Å²) in [6, 6.07) is 16.5. The minimum Gasteiger partial charge on any atom is -0.344 e. The number of aromatic amines is 1. The Balaban J connectivity index is 0.00000153. The second-order valence-corrected chi connectivity index (χ2v) is 9.16. The van der Waals surface area contributed by atoms with Gasteiger partial charge < -0.3 is 5.32 Å². The van der Waals surface area contributed by atoms with Crippen LogP contribution in [0.25, 0.3) is 17.0 Å². The van der Waals surface area contributed by atoms with Gasteiger partial charge in [-0.25, -0.2) is 0 Å². The molecule has 0 spiro atoms. The quantitative estimate of drug-likeness (QED) is 0.519. The van der Waals surface area contributed by atoms with E-state index in [1.807, 2.05) is 24.3 Å². The third-order valence-electron chi connectivity index (χ3n) is 6.00. The molecule has 2 N–H and O–H groups in total. The predicted molar refractivity (Wildman–Crippen MR) is 137 cm³/mol. The van der Waals surface area contributed by atoms with Gasteiger partial charge in [-0.3, -0.25) is 19.6 Å². The molecule has 9 heteroatoms. The van der Waals surface area contributed by atoms with Gasteiger partial charge in [0.1, 0.15) is 0 Å². The van der Waals surface area contributed by atoms with Crippen LogP contribution in [0.4, 0.5) is 0 Å². The van der Waals surface area contributed by atoms with E-state index in [0.29, 0.717) is 17.4 Å². The third kappa shape index (κ3) is 5.61. The SMILES string of the molecule is Cl.Cl.O=C(CNC(=O)C1=Cc2n[nH]c3cccc(c23)S1)CN1CCC(c2ccccc2)CC1. The van der Waals surface area contributed by atoms with Crippen molar-refractivity contribution in [3.63, 3.8) is 0 Å². The highest BCUT2D eigenvalue weighted by Gasteiger charge is 2.24. The average Bonchev–Trinajstić information content (AvgIpc) is 3.23. The largest absolute Gasteiger partial charge is 0.344 e. The summed E-state index contributed by atoms with van der Waals surface area (Å²) in [4.78, 5) is 28.9. The summed E-state index contributed by atoms with van der Waals surface area (Å²) in [7, 11) is 0. The maximum absolute atomic E-state index is 12.6. The standard InChI is InChI=1S/C24H24N4O2S.2ClH/c29-18(15-28-11-9-17(10-12-28)16-5-2-1-3-6-16)14-25-24(30)22-13-20-23-19(26-27-20)7-4-8-21(23)31-22;;/h1-8,13,17H,9-12,14-15H2,(H,25,30)(H,26,27);2*1H. The number of amides is 1. The first-order valence-electron chi connectivity index (χ1n) is 10.6. The molecular weight excluding hydrogens is 479 g/mol. The Kier molecular flexibility index (Phi) is 8.59. The van der Waals surface area contributed by atoms with E-state index in [0.717, 1.165) is 47.4 Å². The second-order valence-electron chi connectivity index (χ2n) is 8.08. The van der Waals surface area contributed by atoms with E-state index >= 15 is 0 Å². The molecule has 1 amide bonds. The highest BCUT2D eigenvalue weighted by atomic mass is 35.5. The number of carbonyl (C=O) groups is 2. The van der Waals surface area contributed by atoms with Crippen molar-refractivity contribution < 1.29 is 9.59 Å². The summed E-state index contributed by atoms with van der Waals surface area (Å²) in [5.41, 5.74) is 3.11. The number of Topliss-reactive ketones (excluding diaryl/α,β-unsaturated/α-hetero) is 1. The van der Waals surface area contributed by atoms with Crippen LogP contribution in [0.2, 0.25) is 0 Å². The molecule has 0 atom stereocenters. The van der Waals surface area contributed by atoms with Gasteiger partial charge in [0.05, 0.1) is 29.2 Å². The van der Waals surface area contributed by atoms with Crippen LogP contribution in [0.15, 0.2) is 58.3 Å². The molecule has 0 radical (unpaired) electrons. The molecule has 2 aromatic carbocycles. The van der Waals surface area contributed by atoms with Crippen molar-refractivity contribution >= 4 is 65.2 Å². The molecule has 3 aromatic rings. The number of likely N-dealkylation sites (tertiary alicyclic amines) is 1. The van der Waals surface area contributed by atoms with Crippen molar-refractivity contribution in [1.82, 2.24) is 20.4 Å². The molecule has 0 unspecified atom stereocenters. The van der Waals surface area contributed by atoms with E-state index < -0.39 is 0 Å². The van der Waals surface area contributed by atoms with Crippen molar-refractivity contribution in [1.29, 1.82) is 0 Å². The van der Waals surface area contributed by atoms with Gasteiger partial charge in [0, 0.05) is 10.3 Å². The van der Waals surface area contributed by atoms with Crippen LogP contribution in [0.1, 0.15) is 30.0 Å². The lowest BCUT2D eigenvalue weighted by atomic mass is 9.89. The molecule has 0 aliphatic carbocycles. The van der Waals surface area contributed by atoms with Gasteiger partial charge in [0.2, 0.25) is 0 Å². The van der Waals surface area contributed by atoms with Crippen LogP contribution < -0.4 is 5.32 Å². The Labute approximate surface area is 209 Å². The zero-order valence-electron chi connectivity index (χ0n) is 18.0. The van der Waals surface area contributed by atoms with Crippen LogP contribution in [-0.4, -0.2) is 53.0 Å². The third-order valence-corrected chi connectivity index (χ3v) is 7.08. The van der Waals surface area contributed by atoms with Crippen molar-refractivity contribution in [3.05, 3.63) is 64.7 Å². The Morgan fingerprint density at radius 1 is 1.06 bits per heavy atom. The molecule has 3 heterocycles. The first kappa shape index (κ1) is 25.3. The Hall–Kier alpha value is -2.32. The number of aromatic nitrogens is 2. The number of hydrogen-bond acceptors (Lipinski definition) is 5. The number of hydrogen-bond donors (Lipinski definition) is 2.